The normalized spacial score (nSPS) is 18.4. The summed E-state index contributed by atoms with van der Waals surface area (Å²) in [7, 11) is 0. The quantitative estimate of drug-likeness (QED) is 0.942. The Hall–Kier alpha value is -1.40. The van der Waals surface area contributed by atoms with Crippen LogP contribution in [0, 0.1) is 0 Å². The first-order chi connectivity index (χ1) is 9.59. The van der Waals surface area contributed by atoms with Crippen molar-refractivity contribution in [3.63, 3.8) is 0 Å². The molecule has 3 rings (SSSR count). The van der Waals surface area contributed by atoms with E-state index in [2.05, 4.69) is 47.4 Å². The van der Waals surface area contributed by atoms with E-state index in [-0.39, 0.29) is 5.60 Å². The third kappa shape index (κ3) is 2.58. The summed E-state index contributed by atoms with van der Waals surface area (Å²) in [6.07, 6.45) is 0. The maximum Gasteiger partial charge on any atom is 0.226 e. The van der Waals surface area contributed by atoms with Crippen molar-refractivity contribution in [3.05, 3.63) is 11.4 Å². The van der Waals surface area contributed by atoms with E-state index in [0.29, 0.717) is 5.95 Å². The Morgan fingerprint density at radius 2 is 2.30 bits per heavy atom. The molecule has 0 saturated carbocycles. The number of morpholine rings is 1. The van der Waals surface area contributed by atoms with Crippen molar-refractivity contribution in [2.75, 3.05) is 36.5 Å². The number of hydrogen-bond donors (Lipinski definition) is 1. The zero-order valence-corrected chi connectivity index (χ0v) is 13.0. The van der Waals surface area contributed by atoms with Crippen LogP contribution in [0.3, 0.4) is 0 Å². The van der Waals surface area contributed by atoms with E-state index in [1.165, 1.54) is 0 Å². The van der Waals surface area contributed by atoms with Crippen molar-refractivity contribution >= 4 is 33.3 Å². The van der Waals surface area contributed by atoms with Gasteiger partial charge in [-0.25, -0.2) is 4.98 Å². The second-order valence-corrected chi connectivity index (χ2v) is 6.46. The molecule has 0 aromatic carbocycles. The van der Waals surface area contributed by atoms with E-state index < -0.39 is 0 Å². The predicted molar refractivity (Wildman–Crippen MR) is 83.8 cm³/mol. The molecule has 2 aromatic heterocycles. The van der Waals surface area contributed by atoms with Crippen LogP contribution in [0.1, 0.15) is 20.8 Å². The summed E-state index contributed by atoms with van der Waals surface area (Å²) < 4.78 is 5.79. The van der Waals surface area contributed by atoms with Crippen LogP contribution in [-0.4, -0.2) is 41.8 Å². The average Bonchev–Trinajstić information content (AvgIpc) is 2.85. The number of aromatic nitrogens is 2. The lowest BCUT2D eigenvalue weighted by Crippen LogP contribution is -2.48. The Morgan fingerprint density at radius 3 is 3.05 bits per heavy atom. The Morgan fingerprint density at radius 1 is 1.45 bits per heavy atom. The number of nitrogens with zero attached hydrogens (tertiary/aromatic N) is 3. The van der Waals surface area contributed by atoms with Crippen molar-refractivity contribution in [2.45, 2.75) is 26.4 Å². The molecule has 1 aliphatic heterocycles. The topological polar surface area (TPSA) is 50.3 Å². The Labute approximate surface area is 123 Å². The molecule has 0 bridgehead atoms. The third-order valence-electron chi connectivity index (χ3n) is 3.37. The van der Waals surface area contributed by atoms with Gasteiger partial charge in [0.1, 0.15) is 10.6 Å². The van der Waals surface area contributed by atoms with E-state index in [4.69, 9.17) is 9.72 Å². The van der Waals surface area contributed by atoms with E-state index >= 15 is 0 Å². The van der Waals surface area contributed by atoms with Crippen LogP contribution in [0.2, 0.25) is 0 Å². The molecular formula is C14H20N4OS. The third-order valence-corrected chi connectivity index (χ3v) is 4.17. The van der Waals surface area contributed by atoms with Crippen LogP contribution >= 0.6 is 11.3 Å². The SMILES string of the molecule is CCNc1nc(N2CCOC(C)(C)C2)c2ccsc2n1. The largest absolute Gasteiger partial charge is 0.372 e. The summed E-state index contributed by atoms with van der Waals surface area (Å²) in [5.41, 5.74) is -0.135. The smallest absolute Gasteiger partial charge is 0.226 e. The summed E-state index contributed by atoms with van der Waals surface area (Å²) in [4.78, 5) is 12.6. The molecule has 1 saturated heterocycles. The predicted octanol–water partition coefficient (Wildman–Crippen LogP) is 2.74. The molecule has 1 N–H and O–H groups in total. The van der Waals surface area contributed by atoms with Gasteiger partial charge in [-0.2, -0.15) is 4.98 Å². The summed E-state index contributed by atoms with van der Waals surface area (Å²) >= 11 is 1.66. The fourth-order valence-electron chi connectivity index (χ4n) is 2.52. The first-order valence-electron chi connectivity index (χ1n) is 6.97. The minimum atomic E-state index is -0.135. The van der Waals surface area contributed by atoms with E-state index in [1.807, 2.05) is 0 Å². The highest BCUT2D eigenvalue weighted by molar-refractivity contribution is 7.16. The van der Waals surface area contributed by atoms with Crippen LogP contribution in [-0.2, 0) is 4.74 Å². The number of fused-ring (bicyclic) bond motifs is 1. The van der Waals surface area contributed by atoms with Gasteiger partial charge in [-0.3, -0.25) is 0 Å². The van der Waals surface area contributed by atoms with Gasteiger partial charge in [-0.05, 0) is 32.2 Å². The first kappa shape index (κ1) is 13.6. The van der Waals surface area contributed by atoms with Gasteiger partial charge in [0.25, 0.3) is 0 Å². The van der Waals surface area contributed by atoms with E-state index in [0.717, 1.165) is 42.3 Å². The number of thiophene rings is 1. The fraction of sp³-hybridized carbons (Fsp3) is 0.571. The number of hydrogen-bond acceptors (Lipinski definition) is 6. The lowest BCUT2D eigenvalue weighted by molar-refractivity contribution is -0.0278. The van der Waals surface area contributed by atoms with Gasteiger partial charge in [0.15, 0.2) is 0 Å². The number of anilines is 2. The van der Waals surface area contributed by atoms with Crippen molar-refractivity contribution in [1.29, 1.82) is 0 Å². The maximum atomic E-state index is 5.79. The molecular weight excluding hydrogens is 272 g/mol. The highest BCUT2D eigenvalue weighted by atomic mass is 32.1. The van der Waals surface area contributed by atoms with Crippen molar-refractivity contribution < 1.29 is 4.74 Å². The zero-order chi connectivity index (χ0) is 14.2. The molecule has 1 fully saturated rings. The van der Waals surface area contributed by atoms with Crippen LogP contribution in [0.5, 0.6) is 0 Å². The molecule has 3 heterocycles. The van der Waals surface area contributed by atoms with Crippen LogP contribution < -0.4 is 10.2 Å². The summed E-state index contributed by atoms with van der Waals surface area (Å²) in [5, 5.41) is 6.42. The second-order valence-electron chi connectivity index (χ2n) is 5.57. The number of rotatable bonds is 3. The molecule has 0 atom stereocenters. The van der Waals surface area contributed by atoms with Gasteiger partial charge in [0.2, 0.25) is 5.95 Å². The number of nitrogens with one attached hydrogen (secondary N) is 1. The highest BCUT2D eigenvalue weighted by Gasteiger charge is 2.29. The van der Waals surface area contributed by atoms with Gasteiger partial charge >= 0.3 is 0 Å². The van der Waals surface area contributed by atoms with Crippen LogP contribution in [0.15, 0.2) is 11.4 Å². The maximum absolute atomic E-state index is 5.79. The molecule has 0 radical (unpaired) electrons. The molecule has 0 spiro atoms. The standard InChI is InChI=1S/C14H20N4OS/c1-4-15-13-16-11(10-5-8-20-12(10)17-13)18-6-7-19-14(2,3)9-18/h5,8H,4,6-7,9H2,1-3H3,(H,15,16,17). The molecule has 2 aromatic rings. The highest BCUT2D eigenvalue weighted by Crippen LogP contribution is 2.31. The Balaban J connectivity index is 2.02. The lowest BCUT2D eigenvalue weighted by Gasteiger charge is -2.39. The van der Waals surface area contributed by atoms with Gasteiger partial charge in [-0.1, -0.05) is 0 Å². The van der Waals surface area contributed by atoms with Crippen molar-refractivity contribution in [1.82, 2.24) is 9.97 Å². The lowest BCUT2D eigenvalue weighted by atomic mass is 10.1. The zero-order valence-electron chi connectivity index (χ0n) is 12.1. The van der Waals surface area contributed by atoms with E-state index in [1.54, 1.807) is 11.3 Å². The Bertz CT molecular complexity index is 610. The molecule has 6 heteroatoms. The minimum absolute atomic E-state index is 0.135. The first-order valence-corrected chi connectivity index (χ1v) is 7.85. The molecule has 20 heavy (non-hydrogen) atoms. The molecule has 0 amide bonds. The number of ether oxygens (including phenoxy) is 1. The van der Waals surface area contributed by atoms with Gasteiger partial charge < -0.3 is 15.0 Å². The second kappa shape index (κ2) is 5.18. The molecule has 1 aliphatic rings. The summed E-state index contributed by atoms with van der Waals surface area (Å²) in [6.45, 7) is 9.58. The summed E-state index contributed by atoms with van der Waals surface area (Å²) in [5.74, 6) is 1.73. The van der Waals surface area contributed by atoms with Gasteiger partial charge in [0, 0.05) is 19.6 Å². The van der Waals surface area contributed by atoms with Crippen LogP contribution in [0.4, 0.5) is 11.8 Å². The average molecular weight is 292 g/mol. The molecule has 0 aliphatic carbocycles. The Kier molecular flexibility index (Phi) is 3.52. The van der Waals surface area contributed by atoms with Gasteiger partial charge in [0.05, 0.1) is 17.6 Å². The minimum Gasteiger partial charge on any atom is -0.372 e. The van der Waals surface area contributed by atoms with Crippen LogP contribution in [0.25, 0.3) is 10.2 Å². The van der Waals surface area contributed by atoms with Crippen molar-refractivity contribution in [2.24, 2.45) is 0 Å². The molecule has 5 nitrogen and oxygen atoms in total. The molecule has 0 unspecified atom stereocenters. The van der Waals surface area contributed by atoms with Gasteiger partial charge in [-0.15, -0.1) is 11.3 Å². The summed E-state index contributed by atoms with van der Waals surface area (Å²) in [6, 6.07) is 2.10. The molecule has 108 valence electrons. The monoisotopic (exact) mass is 292 g/mol. The fourth-order valence-corrected chi connectivity index (χ4v) is 3.27. The van der Waals surface area contributed by atoms with E-state index in [9.17, 15) is 0 Å². The van der Waals surface area contributed by atoms with Crippen molar-refractivity contribution in [3.8, 4) is 0 Å².